The molecule has 2 N–H and O–H groups in total. The minimum Gasteiger partial charge on any atom is -0.456 e. The molecule has 0 unspecified atom stereocenters. The van der Waals surface area contributed by atoms with Crippen LogP contribution in [-0.2, 0) is 33.4 Å². The molecule has 51 heavy (non-hydrogen) atoms. The fourth-order valence-electron chi connectivity index (χ4n) is 10.4. The van der Waals surface area contributed by atoms with E-state index in [9.17, 15) is 38.6 Å². The van der Waals surface area contributed by atoms with Crippen LogP contribution in [0.15, 0.2) is 54.1 Å². The molecule has 4 aliphatic rings. The van der Waals surface area contributed by atoms with E-state index in [-0.39, 0.29) is 36.7 Å². The molecule has 0 heterocycles. The number of fused-ring (bicyclic) bond motifs is 5. The number of Topliss-reactive ketones (excluding diaryl/α,β-unsaturated/α-hetero) is 2. The molecule has 3 saturated carbocycles. The van der Waals surface area contributed by atoms with Crippen molar-refractivity contribution in [3.63, 3.8) is 0 Å². The minimum atomic E-state index is -2.06. The lowest BCUT2D eigenvalue weighted by atomic mass is 9.38. The maximum atomic E-state index is 14.7. The van der Waals surface area contributed by atoms with Gasteiger partial charge in [-0.05, 0) is 112 Å². The van der Waals surface area contributed by atoms with Crippen molar-refractivity contribution in [1.29, 1.82) is 0 Å². The number of ether oxygens (including phenoxy) is 2. The molecule has 1 aromatic carbocycles. The van der Waals surface area contributed by atoms with Crippen LogP contribution in [0.4, 0.5) is 4.39 Å². The first kappa shape index (κ1) is 38.5. The molecule has 0 bridgehead atoms. The summed E-state index contributed by atoms with van der Waals surface area (Å²) in [5.41, 5.74) is -5.48. The third-order valence-corrected chi connectivity index (χ3v) is 13.1. The molecule has 0 aliphatic heterocycles. The Labute approximate surface area is 299 Å². The van der Waals surface area contributed by atoms with Gasteiger partial charge in [0.15, 0.2) is 17.7 Å². The van der Waals surface area contributed by atoms with Gasteiger partial charge in [0, 0.05) is 36.2 Å². The van der Waals surface area contributed by atoms with Crippen molar-refractivity contribution in [3.05, 3.63) is 65.5 Å². The lowest BCUT2D eigenvalue weighted by Gasteiger charge is -2.64. The number of aliphatic hydroxyl groups excluding tert-OH is 1. The van der Waals surface area contributed by atoms with Gasteiger partial charge in [0.2, 0.25) is 0 Å². The predicted octanol–water partition coefficient (Wildman–Crippen LogP) is 5.90. The zero-order chi connectivity index (χ0) is 38.1. The van der Waals surface area contributed by atoms with Crippen LogP contribution in [0.25, 0.3) is 6.08 Å². The van der Waals surface area contributed by atoms with Gasteiger partial charge in [-0.25, -0.2) is 9.18 Å². The maximum absolute atomic E-state index is 14.7. The third kappa shape index (κ3) is 6.26. The Bertz CT molecular complexity index is 1730. The van der Waals surface area contributed by atoms with E-state index in [0.29, 0.717) is 12.0 Å². The van der Waals surface area contributed by atoms with Gasteiger partial charge in [-0.2, -0.15) is 0 Å². The quantitative estimate of drug-likeness (QED) is 0.192. The molecule has 9 nitrogen and oxygen atoms in total. The summed E-state index contributed by atoms with van der Waals surface area (Å²) in [7, 11) is 0. The van der Waals surface area contributed by atoms with E-state index >= 15 is 0 Å². The van der Waals surface area contributed by atoms with Gasteiger partial charge in [-0.3, -0.25) is 19.2 Å². The van der Waals surface area contributed by atoms with E-state index < -0.39 is 80.4 Å². The molecular formula is C41H51FO9. The number of carbonyl (C=O) groups excluding carboxylic acids is 5. The molecular weight excluding hydrogens is 655 g/mol. The fraction of sp³-hybridized carbons (Fsp3) is 0.585. The molecule has 9 atom stereocenters. The lowest BCUT2D eigenvalue weighted by molar-refractivity contribution is -0.185. The van der Waals surface area contributed by atoms with Crippen LogP contribution in [0.5, 0.6) is 0 Å². The Kier molecular flexibility index (Phi) is 9.60. The summed E-state index contributed by atoms with van der Waals surface area (Å²) in [5.74, 6) is -4.45. The Morgan fingerprint density at radius 1 is 0.980 bits per heavy atom. The average molecular weight is 707 g/mol. The highest BCUT2D eigenvalue weighted by molar-refractivity contribution is 5.98. The summed E-state index contributed by atoms with van der Waals surface area (Å²) >= 11 is 0. The molecule has 276 valence electrons. The van der Waals surface area contributed by atoms with Crippen molar-refractivity contribution in [2.24, 2.45) is 39.4 Å². The summed E-state index contributed by atoms with van der Waals surface area (Å²) in [6.45, 7) is 15.3. The van der Waals surface area contributed by atoms with E-state index in [0.717, 1.165) is 5.57 Å². The second kappa shape index (κ2) is 12.7. The number of halogens is 1. The van der Waals surface area contributed by atoms with Crippen molar-refractivity contribution >= 4 is 35.4 Å². The number of benzene rings is 1. The summed E-state index contributed by atoms with van der Waals surface area (Å²) in [6, 6.07) is 5.57. The average Bonchev–Trinajstić information content (AvgIpc) is 3.22. The van der Waals surface area contributed by atoms with E-state index in [1.807, 2.05) is 26.8 Å². The van der Waals surface area contributed by atoms with Crippen LogP contribution in [0, 0.1) is 45.2 Å². The van der Waals surface area contributed by atoms with E-state index in [4.69, 9.17) is 9.47 Å². The Morgan fingerprint density at radius 2 is 1.61 bits per heavy atom. The summed E-state index contributed by atoms with van der Waals surface area (Å²) in [4.78, 5) is 66.7. The van der Waals surface area contributed by atoms with Crippen molar-refractivity contribution < 1.29 is 48.0 Å². The van der Waals surface area contributed by atoms with Gasteiger partial charge >= 0.3 is 11.9 Å². The number of hydrogen-bond acceptors (Lipinski definition) is 9. The second-order valence-corrected chi connectivity index (χ2v) is 17.0. The highest BCUT2D eigenvalue weighted by Gasteiger charge is 2.74. The Balaban J connectivity index is 1.46. The summed E-state index contributed by atoms with van der Waals surface area (Å²) in [5, 5.41) is 23.7. The van der Waals surface area contributed by atoms with Crippen LogP contribution < -0.4 is 0 Å². The number of allylic oxidation sites excluding steroid dienone is 2. The molecule has 0 radical (unpaired) electrons. The van der Waals surface area contributed by atoms with Crippen molar-refractivity contribution in [2.45, 2.75) is 111 Å². The Morgan fingerprint density at radius 3 is 2.22 bits per heavy atom. The van der Waals surface area contributed by atoms with E-state index in [2.05, 4.69) is 0 Å². The van der Waals surface area contributed by atoms with Crippen LogP contribution in [0.3, 0.4) is 0 Å². The number of hydrogen-bond donors (Lipinski definition) is 2. The minimum absolute atomic E-state index is 0.0205. The number of ketones is 3. The van der Waals surface area contributed by atoms with Crippen LogP contribution in [0.2, 0.25) is 0 Å². The number of rotatable bonds is 8. The SMILES string of the molecule is CC(=O)OC(C)(C)/C=C/C(=O)[C@](C)(O)[C@H]1[C@H](O)C[C@@]2(C)[C@@H]3CC=C4[C@@H](C[C@H](OC(=O)/C=C/c5ccc(F)cc5)C(=O)C4(C)C)[C@]3(C)C(=O)C[C@]12C. The largest absolute Gasteiger partial charge is 0.456 e. The lowest BCUT2D eigenvalue weighted by Crippen LogP contribution is -2.65. The van der Waals surface area contributed by atoms with Crippen LogP contribution in [-0.4, -0.2) is 62.9 Å². The molecule has 0 amide bonds. The summed E-state index contributed by atoms with van der Waals surface area (Å²) < 4.78 is 24.3. The van der Waals surface area contributed by atoms with Gasteiger partial charge in [0.25, 0.3) is 0 Å². The normalized spacial score (nSPS) is 35.8. The van der Waals surface area contributed by atoms with Gasteiger partial charge in [0.1, 0.15) is 22.8 Å². The third-order valence-electron chi connectivity index (χ3n) is 13.1. The van der Waals surface area contributed by atoms with E-state index in [1.165, 1.54) is 62.4 Å². The molecule has 1 aromatic rings. The van der Waals surface area contributed by atoms with E-state index in [1.54, 1.807) is 27.7 Å². The molecule has 0 spiro atoms. The predicted molar refractivity (Wildman–Crippen MR) is 187 cm³/mol. The molecule has 4 aliphatic carbocycles. The highest BCUT2D eigenvalue weighted by atomic mass is 19.1. The fourth-order valence-corrected chi connectivity index (χ4v) is 10.4. The van der Waals surface area contributed by atoms with Crippen molar-refractivity contribution in [3.8, 4) is 0 Å². The number of carbonyl (C=O) groups is 5. The summed E-state index contributed by atoms with van der Waals surface area (Å²) in [6.07, 6.45) is 5.85. The number of esters is 2. The molecule has 0 saturated heterocycles. The van der Waals surface area contributed by atoms with Gasteiger partial charge in [-0.1, -0.05) is 44.6 Å². The maximum Gasteiger partial charge on any atom is 0.331 e. The van der Waals surface area contributed by atoms with Crippen molar-refractivity contribution in [1.82, 2.24) is 0 Å². The molecule has 3 fully saturated rings. The standard InChI is InChI=1S/C41H51FO9/c1-23(43)51-36(2,3)19-18-31(45)41(9,49)34-28(44)21-38(6)30-16-15-26-27(40(30,8)32(46)22-39(34,38)7)20-29(35(48)37(26,4)5)50-33(47)17-12-24-10-13-25(42)14-11-24/h10-15,17-19,27-30,34,44,49H,16,20-22H2,1-9H3/b17-12+,19-18+/t27-,28-,29+,30+,34+,38+,39-,40+,41+/m1/s1. The zero-order valence-corrected chi connectivity index (χ0v) is 31.0. The zero-order valence-electron chi connectivity index (χ0n) is 31.0. The monoisotopic (exact) mass is 706 g/mol. The molecule has 10 heteroatoms. The number of aliphatic hydroxyl groups is 2. The van der Waals surface area contributed by atoms with Gasteiger partial charge < -0.3 is 19.7 Å². The topological polar surface area (TPSA) is 144 Å². The van der Waals surface area contributed by atoms with Gasteiger partial charge in [0.05, 0.1) is 6.10 Å². The molecule has 0 aromatic heterocycles. The first-order valence-electron chi connectivity index (χ1n) is 17.7. The van der Waals surface area contributed by atoms with Crippen LogP contribution >= 0.6 is 0 Å². The smallest absolute Gasteiger partial charge is 0.331 e. The second-order valence-electron chi connectivity index (χ2n) is 17.0. The van der Waals surface area contributed by atoms with Gasteiger partial charge in [-0.15, -0.1) is 0 Å². The first-order chi connectivity index (χ1) is 23.4. The highest BCUT2D eigenvalue weighted by Crippen LogP contribution is 2.74. The first-order valence-corrected chi connectivity index (χ1v) is 17.7. The van der Waals surface area contributed by atoms with Crippen LogP contribution in [0.1, 0.15) is 93.6 Å². The Hall–Kier alpha value is -3.76. The molecule has 5 rings (SSSR count). The van der Waals surface area contributed by atoms with Crippen molar-refractivity contribution in [2.75, 3.05) is 0 Å².